The molecule has 280 valence electrons. The molecule has 0 fully saturated rings. The van der Waals surface area contributed by atoms with E-state index in [2.05, 4.69) is 228 Å². The summed E-state index contributed by atoms with van der Waals surface area (Å²) in [6.45, 7) is 0. The first kappa shape index (κ1) is 33.5. The van der Waals surface area contributed by atoms with Gasteiger partial charge in [0.05, 0.1) is 22.1 Å². The van der Waals surface area contributed by atoms with E-state index in [9.17, 15) is 0 Å². The lowest BCUT2D eigenvalue weighted by molar-refractivity contribution is 0.802. The third-order valence-electron chi connectivity index (χ3n) is 13.0. The van der Waals surface area contributed by atoms with Gasteiger partial charge in [0, 0.05) is 43.0 Å². The van der Waals surface area contributed by atoms with Gasteiger partial charge in [-0.3, -0.25) is 0 Å². The van der Waals surface area contributed by atoms with Gasteiger partial charge in [0.1, 0.15) is 0 Å². The summed E-state index contributed by atoms with van der Waals surface area (Å²) in [5.41, 5.74) is 18.3. The van der Waals surface area contributed by atoms with Gasteiger partial charge in [0.15, 0.2) is 0 Å². The van der Waals surface area contributed by atoms with Crippen molar-refractivity contribution in [3.05, 3.63) is 241 Å². The standard InChI is InChI=1S/C57H36N2S/c1-3-16-39(17-4-1)58(40-18-5-2-6-19-40)52-28-15-24-45-42-20-7-11-25-48(42)57(54(45)52)49-35-32-38(36-47(49)56-55(57)46-23-10-14-29-53(46)60-56)37-30-33-41(34-31-37)59-50-26-12-8-21-43(50)44-22-9-13-27-51(44)59/h1-36H. The lowest BCUT2D eigenvalue weighted by Crippen LogP contribution is -2.28. The molecule has 11 aromatic rings. The first-order valence-electron chi connectivity index (χ1n) is 20.7. The molecule has 2 nitrogen and oxygen atoms in total. The fraction of sp³-hybridized carbons (Fsp3) is 0.0175. The predicted octanol–water partition coefficient (Wildman–Crippen LogP) is 15.5. The Morgan fingerprint density at radius 3 is 1.68 bits per heavy atom. The molecule has 0 saturated heterocycles. The van der Waals surface area contributed by atoms with Crippen LogP contribution in [0.25, 0.3) is 70.3 Å². The summed E-state index contributed by atoms with van der Waals surface area (Å²) in [4.78, 5) is 3.82. The Labute approximate surface area is 352 Å². The second kappa shape index (κ2) is 12.8. The van der Waals surface area contributed by atoms with Crippen molar-refractivity contribution in [2.75, 3.05) is 4.90 Å². The van der Waals surface area contributed by atoms with Crippen LogP contribution in [0.2, 0.25) is 0 Å². The highest BCUT2D eigenvalue weighted by molar-refractivity contribution is 7.22. The molecule has 0 radical (unpaired) electrons. The Hall–Kier alpha value is -7.46. The molecule has 1 atom stereocenters. The number of aromatic nitrogens is 1. The largest absolute Gasteiger partial charge is 0.310 e. The molecule has 2 aliphatic rings. The molecule has 1 unspecified atom stereocenters. The number of rotatable bonds is 5. The third-order valence-corrected chi connectivity index (χ3v) is 14.2. The number of para-hydroxylation sites is 4. The molecule has 1 spiro atoms. The van der Waals surface area contributed by atoms with Gasteiger partial charge in [0.25, 0.3) is 0 Å². The minimum absolute atomic E-state index is 0.534. The molecule has 0 N–H and O–H groups in total. The van der Waals surface area contributed by atoms with Crippen LogP contribution in [0.15, 0.2) is 218 Å². The second-order valence-electron chi connectivity index (χ2n) is 16.0. The van der Waals surface area contributed by atoms with Gasteiger partial charge in [0.2, 0.25) is 0 Å². The highest BCUT2D eigenvalue weighted by Gasteiger charge is 2.55. The van der Waals surface area contributed by atoms with Crippen molar-refractivity contribution in [1.82, 2.24) is 4.57 Å². The molecule has 2 aromatic heterocycles. The van der Waals surface area contributed by atoms with Crippen molar-refractivity contribution in [2.24, 2.45) is 0 Å². The van der Waals surface area contributed by atoms with Gasteiger partial charge < -0.3 is 9.47 Å². The number of hydrogen-bond donors (Lipinski definition) is 0. The van der Waals surface area contributed by atoms with Gasteiger partial charge >= 0.3 is 0 Å². The van der Waals surface area contributed by atoms with Gasteiger partial charge in [-0.05, 0) is 117 Å². The van der Waals surface area contributed by atoms with Gasteiger partial charge in [-0.25, -0.2) is 0 Å². The first-order chi connectivity index (χ1) is 29.8. The van der Waals surface area contributed by atoms with E-state index >= 15 is 0 Å². The summed E-state index contributed by atoms with van der Waals surface area (Å²) in [5, 5.41) is 3.88. The topological polar surface area (TPSA) is 8.17 Å². The summed E-state index contributed by atoms with van der Waals surface area (Å²) in [6, 6.07) is 80.8. The highest BCUT2D eigenvalue weighted by Crippen LogP contribution is 2.68. The Kier molecular flexibility index (Phi) is 7.13. The number of fused-ring (bicyclic) bond motifs is 15. The van der Waals surface area contributed by atoms with Crippen LogP contribution in [0.3, 0.4) is 0 Å². The third kappa shape index (κ3) is 4.53. The summed E-state index contributed by atoms with van der Waals surface area (Å²) >= 11 is 1.94. The van der Waals surface area contributed by atoms with Gasteiger partial charge in [-0.15, -0.1) is 11.3 Å². The molecule has 9 aromatic carbocycles. The number of hydrogen-bond acceptors (Lipinski definition) is 2. The van der Waals surface area contributed by atoms with Crippen LogP contribution in [-0.2, 0) is 5.41 Å². The maximum absolute atomic E-state index is 2.48. The fourth-order valence-electron chi connectivity index (χ4n) is 10.6. The first-order valence-corrected chi connectivity index (χ1v) is 21.5. The van der Waals surface area contributed by atoms with Crippen LogP contribution < -0.4 is 4.90 Å². The molecule has 60 heavy (non-hydrogen) atoms. The molecule has 0 amide bonds. The van der Waals surface area contributed by atoms with Crippen molar-refractivity contribution >= 4 is 60.3 Å². The van der Waals surface area contributed by atoms with Crippen molar-refractivity contribution < 1.29 is 0 Å². The highest BCUT2D eigenvalue weighted by atomic mass is 32.1. The van der Waals surface area contributed by atoms with Gasteiger partial charge in [-0.2, -0.15) is 0 Å². The van der Waals surface area contributed by atoms with E-state index in [-0.39, 0.29) is 0 Å². The summed E-state index contributed by atoms with van der Waals surface area (Å²) in [6.07, 6.45) is 0. The Morgan fingerprint density at radius 2 is 0.967 bits per heavy atom. The Morgan fingerprint density at radius 1 is 0.400 bits per heavy atom. The minimum atomic E-state index is -0.534. The minimum Gasteiger partial charge on any atom is -0.310 e. The van der Waals surface area contributed by atoms with E-state index in [1.54, 1.807) is 0 Å². The van der Waals surface area contributed by atoms with Crippen LogP contribution in [0.1, 0.15) is 22.3 Å². The zero-order chi connectivity index (χ0) is 39.4. The van der Waals surface area contributed by atoms with Crippen molar-refractivity contribution in [1.29, 1.82) is 0 Å². The summed E-state index contributed by atoms with van der Waals surface area (Å²) in [7, 11) is 0. The maximum Gasteiger partial charge on any atom is 0.0760 e. The molecule has 3 heteroatoms. The fourth-order valence-corrected chi connectivity index (χ4v) is 11.9. The van der Waals surface area contributed by atoms with E-state index < -0.39 is 5.41 Å². The van der Waals surface area contributed by atoms with E-state index in [1.165, 1.54) is 92.5 Å². The lowest BCUT2D eigenvalue weighted by atomic mass is 9.69. The predicted molar refractivity (Wildman–Crippen MR) is 253 cm³/mol. The summed E-state index contributed by atoms with van der Waals surface area (Å²) in [5.74, 6) is 0. The zero-order valence-electron chi connectivity index (χ0n) is 32.6. The van der Waals surface area contributed by atoms with Crippen molar-refractivity contribution in [2.45, 2.75) is 5.41 Å². The van der Waals surface area contributed by atoms with E-state index in [0.717, 1.165) is 17.1 Å². The zero-order valence-corrected chi connectivity index (χ0v) is 33.4. The second-order valence-corrected chi connectivity index (χ2v) is 17.0. The van der Waals surface area contributed by atoms with E-state index in [1.807, 2.05) is 11.3 Å². The summed E-state index contributed by atoms with van der Waals surface area (Å²) < 4.78 is 3.71. The van der Waals surface area contributed by atoms with E-state index in [4.69, 9.17) is 0 Å². The van der Waals surface area contributed by atoms with Crippen LogP contribution in [0.4, 0.5) is 17.1 Å². The molecule has 0 saturated carbocycles. The molecule has 0 aliphatic heterocycles. The van der Waals surface area contributed by atoms with Crippen molar-refractivity contribution in [3.63, 3.8) is 0 Å². The normalized spacial score (nSPS) is 14.7. The number of thiophene rings is 1. The average Bonchev–Trinajstić information content (AvgIpc) is 4.03. The smallest absolute Gasteiger partial charge is 0.0760 e. The Bertz CT molecular complexity index is 3390. The molecule has 13 rings (SSSR count). The number of benzene rings is 9. The van der Waals surface area contributed by atoms with Crippen LogP contribution in [0, 0.1) is 0 Å². The average molecular weight is 781 g/mol. The lowest BCUT2D eigenvalue weighted by Gasteiger charge is -2.35. The van der Waals surface area contributed by atoms with Crippen molar-refractivity contribution in [3.8, 4) is 38.4 Å². The maximum atomic E-state index is 2.48. The Balaban J connectivity index is 1.05. The van der Waals surface area contributed by atoms with Crippen LogP contribution >= 0.6 is 11.3 Å². The quantitative estimate of drug-likeness (QED) is 0.169. The molecular formula is C57H36N2S. The monoisotopic (exact) mass is 780 g/mol. The molecular weight excluding hydrogens is 745 g/mol. The molecule has 2 heterocycles. The molecule has 0 bridgehead atoms. The molecule has 2 aliphatic carbocycles. The van der Waals surface area contributed by atoms with Crippen LogP contribution in [-0.4, -0.2) is 4.57 Å². The number of anilines is 3. The van der Waals surface area contributed by atoms with E-state index in [0.29, 0.717) is 0 Å². The SMILES string of the molecule is c1ccc(N(c2ccccc2)c2cccc3c2C2(c4ccccc4-3)c3ccc(-c4ccc(-n5c6ccccc6c6ccccc65)cc4)cc3-c3sc4ccccc4c32)cc1. The van der Waals surface area contributed by atoms with Gasteiger partial charge in [-0.1, -0.05) is 152 Å². The number of nitrogens with zero attached hydrogens (tertiary/aromatic N) is 2. The van der Waals surface area contributed by atoms with Crippen LogP contribution in [0.5, 0.6) is 0 Å².